The van der Waals surface area contributed by atoms with Crippen molar-refractivity contribution in [3.8, 4) is 0 Å². The molecule has 5 heteroatoms. The Morgan fingerprint density at radius 2 is 2.25 bits per heavy atom. The number of benzene rings is 1. The number of thiazole rings is 1. The van der Waals surface area contributed by atoms with E-state index < -0.39 is 0 Å². The summed E-state index contributed by atoms with van der Waals surface area (Å²) in [7, 11) is 0. The highest BCUT2D eigenvalue weighted by molar-refractivity contribution is 7.15. The van der Waals surface area contributed by atoms with Crippen molar-refractivity contribution in [1.82, 2.24) is 4.98 Å². The summed E-state index contributed by atoms with van der Waals surface area (Å²) < 4.78 is 13.6. The summed E-state index contributed by atoms with van der Waals surface area (Å²) in [5.74, 6) is -0.232. The molecule has 1 N–H and O–H groups in total. The van der Waals surface area contributed by atoms with E-state index in [1.54, 1.807) is 6.20 Å². The third-order valence-electron chi connectivity index (χ3n) is 2.03. The van der Waals surface area contributed by atoms with E-state index in [1.165, 1.54) is 23.5 Å². The van der Waals surface area contributed by atoms with Gasteiger partial charge in [-0.15, -0.1) is 11.3 Å². The fraction of sp³-hybridized carbons (Fsp3) is 0.182. The van der Waals surface area contributed by atoms with Gasteiger partial charge in [0.2, 0.25) is 0 Å². The zero-order chi connectivity index (χ0) is 11.5. The van der Waals surface area contributed by atoms with Crippen molar-refractivity contribution >= 4 is 28.6 Å². The molecule has 0 unspecified atom stereocenters. The zero-order valence-corrected chi connectivity index (χ0v) is 10.2. The number of nitrogens with one attached hydrogen (secondary N) is 1. The second-order valence-electron chi connectivity index (χ2n) is 3.45. The van der Waals surface area contributed by atoms with E-state index in [-0.39, 0.29) is 5.82 Å². The van der Waals surface area contributed by atoms with Gasteiger partial charge in [-0.1, -0.05) is 11.6 Å². The summed E-state index contributed by atoms with van der Waals surface area (Å²) in [6.45, 7) is 2.46. The van der Waals surface area contributed by atoms with Gasteiger partial charge in [0.1, 0.15) is 5.82 Å². The van der Waals surface area contributed by atoms with Crippen molar-refractivity contribution < 1.29 is 4.39 Å². The Balaban J connectivity index is 2.04. The van der Waals surface area contributed by atoms with Crippen LogP contribution in [0.3, 0.4) is 0 Å². The van der Waals surface area contributed by atoms with Crippen molar-refractivity contribution in [3.05, 3.63) is 45.1 Å². The van der Waals surface area contributed by atoms with Gasteiger partial charge in [0.25, 0.3) is 0 Å². The van der Waals surface area contributed by atoms with Crippen LogP contribution >= 0.6 is 22.9 Å². The van der Waals surface area contributed by atoms with Crippen molar-refractivity contribution in [1.29, 1.82) is 0 Å². The second-order valence-corrected chi connectivity index (χ2v) is 5.15. The molecule has 0 aliphatic rings. The summed E-state index contributed by atoms with van der Waals surface area (Å²) in [5.41, 5.74) is 1.66. The number of anilines is 1. The van der Waals surface area contributed by atoms with Crippen molar-refractivity contribution in [3.63, 3.8) is 0 Å². The van der Waals surface area contributed by atoms with Gasteiger partial charge in [-0.05, 0) is 30.7 Å². The van der Waals surface area contributed by atoms with Gasteiger partial charge in [0.05, 0.1) is 6.54 Å². The van der Waals surface area contributed by atoms with Crippen LogP contribution < -0.4 is 5.32 Å². The molecule has 0 amide bonds. The highest BCUT2D eigenvalue weighted by atomic mass is 35.5. The monoisotopic (exact) mass is 256 g/mol. The predicted octanol–water partition coefficient (Wildman–Crippen LogP) is 3.86. The van der Waals surface area contributed by atoms with E-state index in [4.69, 9.17) is 11.6 Å². The van der Waals surface area contributed by atoms with Crippen LogP contribution in [-0.4, -0.2) is 4.98 Å². The van der Waals surface area contributed by atoms with Crippen LogP contribution in [0.5, 0.6) is 0 Å². The van der Waals surface area contributed by atoms with Crippen LogP contribution in [0.4, 0.5) is 10.1 Å². The third-order valence-corrected chi connectivity index (χ3v) is 3.15. The average molecular weight is 257 g/mol. The lowest BCUT2D eigenvalue weighted by molar-refractivity contribution is 0.627. The smallest absolute Gasteiger partial charge is 0.183 e. The lowest BCUT2D eigenvalue weighted by Gasteiger charge is -2.05. The molecular formula is C11H10ClFN2S. The standard InChI is InChI=1S/C11H10ClFN2S/c1-7-2-8(13)4-9(3-7)14-5-10-6-15-11(12)16-10/h2-4,6,14H,5H2,1H3. The van der Waals surface area contributed by atoms with Crippen LogP contribution in [0, 0.1) is 12.7 Å². The number of halogens is 2. The minimum atomic E-state index is -0.232. The summed E-state index contributed by atoms with van der Waals surface area (Å²) in [5, 5.41) is 3.13. The van der Waals surface area contributed by atoms with Gasteiger partial charge < -0.3 is 5.32 Å². The molecule has 16 heavy (non-hydrogen) atoms. The Morgan fingerprint density at radius 3 is 2.88 bits per heavy atom. The Hall–Kier alpha value is -1.13. The molecule has 84 valence electrons. The maximum Gasteiger partial charge on any atom is 0.183 e. The zero-order valence-electron chi connectivity index (χ0n) is 8.63. The molecule has 2 nitrogen and oxygen atoms in total. The second kappa shape index (κ2) is 4.80. The normalized spacial score (nSPS) is 10.4. The maximum absolute atomic E-state index is 13.1. The molecule has 2 rings (SSSR count). The molecule has 0 radical (unpaired) electrons. The summed E-state index contributed by atoms with van der Waals surface area (Å²) in [4.78, 5) is 4.95. The summed E-state index contributed by atoms with van der Waals surface area (Å²) in [6, 6.07) is 4.86. The maximum atomic E-state index is 13.1. The largest absolute Gasteiger partial charge is 0.380 e. The fourth-order valence-corrected chi connectivity index (χ4v) is 2.31. The first-order chi connectivity index (χ1) is 7.63. The average Bonchev–Trinajstić information content (AvgIpc) is 2.60. The summed E-state index contributed by atoms with van der Waals surface area (Å²) >= 11 is 7.13. The van der Waals surface area contributed by atoms with Crippen LogP contribution in [0.1, 0.15) is 10.4 Å². The van der Waals surface area contributed by atoms with Crippen molar-refractivity contribution in [2.24, 2.45) is 0 Å². The number of hydrogen-bond donors (Lipinski definition) is 1. The fourth-order valence-electron chi connectivity index (χ4n) is 1.39. The predicted molar refractivity (Wildman–Crippen MR) is 65.6 cm³/mol. The quantitative estimate of drug-likeness (QED) is 0.902. The molecule has 0 saturated heterocycles. The Morgan fingerprint density at radius 1 is 1.44 bits per heavy atom. The van der Waals surface area contributed by atoms with E-state index in [1.807, 2.05) is 13.0 Å². The Kier molecular flexibility index (Phi) is 3.41. The molecule has 0 spiro atoms. The SMILES string of the molecule is Cc1cc(F)cc(NCc2cnc(Cl)s2)c1. The van der Waals surface area contributed by atoms with Crippen LogP contribution in [0.15, 0.2) is 24.4 Å². The number of nitrogens with zero attached hydrogens (tertiary/aromatic N) is 1. The molecule has 1 aromatic carbocycles. The van der Waals surface area contributed by atoms with E-state index in [0.29, 0.717) is 11.0 Å². The molecule has 0 bridgehead atoms. The first kappa shape index (κ1) is 11.4. The van der Waals surface area contributed by atoms with E-state index in [0.717, 1.165) is 16.1 Å². The number of hydrogen-bond acceptors (Lipinski definition) is 3. The minimum Gasteiger partial charge on any atom is -0.380 e. The lowest BCUT2D eigenvalue weighted by atomic mass is 10.2. The molecule has 2 aromatic rings. The number of aromatic nitrogens is 1. The summed E-state index contributed by atoms with van der Waals surface area (Å²) in [6.07, 6.45) is 1.71. The topological polar surface area (TPSA) is 24.9 Å². The van der Waals surface area contributed by atoms with Gasteiger partial charge in [-0.2, -0.15) is 0 Å². The molecule has 1 aromatic heterocycles. The van der Waals surface area contributed by atoms with Gasteiger partial charge in [0.15, 0.2) is 4.47 Å². The van der Waals surface area contributed by atoms with Gasteiger partial charge in [0, 0.05) is 16.8 Å². The number of rotatable bonds is 3. The van der Waals surface area contributed by atoms with E-state index in [9.17, 15) is 4.39 Å². The molecule has 0 fully saturated rings. The minimum absolute atomic E-state index is 0.232. The molecule has 0 saturated carbocycles. The molecule has 0 atom stereocenters. The first-order valence-corrected chi connectivity index (χ1v) is 5.94. The highest BCUT2D eigenvalue weighted by Gasteiger charge is 2.01. The van der Waals surface area contributed by atoms with E-state index >= 15 is 0 Å². The Labute approximate surface area is 102 Å². The lowest BCUT2D eigenvalue weighted by Crippen LogP contribution is -1.98. The third kappa shape index (κ3) is 2.93. The van der Waals surface area contributed by atoms with Crippen LogP contribution in [-0.2, 0) is 6.54 Å². The highest BCUT2D eigenvalue weighted by Crippen LogP contribution is 2.20. The van der Waals surface area contributed by atoms with Crippen molar-refractivity contribution in [2.45, 2.75) is 13.5 Å². The van der Waals surface area contributed by atoms with Gasteiger partial charge >= 0.3 is 0 Å². The Bertz CT molecular complexity index is 478. The van der Waals surface area contributed by atoms with Crippen molar-refractivity contribution in [2.75, 3.05) is 5.32 Å². The number of aryl methyl sites for hydroxylation is 1. The van der Waals surface area contributed by atoms with Gasteiger partial charge in [-0.3, -0.25) is 0 Å². The molecule has 0 aliphatic heterocycles. The van der Waals surface area contributed by atoms with Crippen LogP contribution in [0.2, 0.25) is 4.47 Å². The first-order valence-electron chi connectivity index (χ1n) is 4.75. The van der Waals surface area contributed by atoms with Crippen LogP contribution in [0.25, 0.3) is 0 Å². The van der Waals surface area contributed by atoms with E-state index in [2.05, 4.69) is 10.3 Å². The molecule has 1 heterocycles. The molecule has 0 aliphatic carbocycles. The van der Waals surface area contributed by atoms with Gasteiger partial charge in [-0.25, -0.2) is 9.37 Å². The molecular weight excluding hydrogens is 247 g/mol.